The summed E-state index contributed by atoms with van der Waals surface area (Å²) in [5, 5.41) is 2.96. The summed E-state index contributed by atoms with van der Waals surface area (Å²) in [4.78, 5) is 1.29. The molecule has 1 saturated heterocycles. The zero-order valence-corrected chi connectivity index (χ0v) is 12.0. The maximum Gasteiger partial charge on any atom is 0.408 e. The monoisotopic (exact) mass is 332 g/mol. The van der Waals surface area contributed by atoms with Crippen LogP contribution in [-0.4, -0.2) is 37.3 Å². The Kier molecular flexibility index (Phi) is 6.06. The van der Waals surface area contributed by atoms with Gasteiger partial charge in [0.05, 0.1) is 0 Å². The van der Waals surface area contributed by atoms with E-state index in [9.17, 15) is 17.6 Å². The molecule has 1 aliphatic heterocycles. The second-order valence-electron chi connectivity index (χ2n) is 4.43. The summed E-state index contributed by atoms with van der Waals surface area (Å²) in [6.45, 7) is 1.49. The van der Waals surface area contributed by atoms with Gasteiger partial charge in [0, 0.05) is 31.2 Å². The summed E-state index contributed by atoms with van der Waals surface area (Å²) in [6.07, 6.45) is -4.46. The summed E-state index contributed by atoms with van der Waals surface area (Å²) in [7, 11) is 0. The molecule has 0 bridgehead atoms. The van der Waals surface area contributed by atoms with Crippen LogP contribution in [0.25, 0.3) is 0 Å². The van der Waals surface area contributed by atoms with Crippen LogP contribution in [0.3, 0.4) is 0 Å². The highest BCUT2D eigenvalue weighted by molar-refractivity contribution is 6.30. The van der Waals surface area contributed by atoms with Crippen molar-refractivity contribution in [1.82, 2.24) is 10.2 Å². The molecule has 1 heterocycles. The fourth-order valence-corrected chi connectivity index (χ4v) is 2.51. The summed E-state index contributed by atoms with van der Waals surface area (Å²) >= 11 is 5.64. The highest BCUT2D eigenvalue weighted by atomic mass is 35.5. The lowest BCUT2D eigenvalue weighted by Crippen LogP contribution is -2.49. The fraction of sp³-hybridized carbons (Fsp3) is 0.500. The lowest BCUT2D eigenvalue weighted by atomic mass is 10.0. The molecule has 1 atom stereocenters. The van der Waals surface area contributed by atoms with Crippen molar-refractivity contribution in [3.8, 4) is 0 Å². The fourth-order valence-electron chi connectivity index (χ4n) is 2.28. The Morgan fingerprint density at radius 2 is 1.75 bits per heavy atom. The number of hydrogen-bond donors (Lipinski definition) is 1. The van der Waals surface area contributed by atoms with Gasteiger partial charge in [0.25, 0.3) is 0 Å². The summed E-state index contributed by atoms with van der Waals surface area (Å²) in [6, 6.07) is 1.25. The minimum Gasteiger partial charge on any atom is -0.314 e. The van der Waals surface area contributed by atoms with Crippen LogP contribution < -0.4 is 5.32 Å². The van der Waals surface area contributed by atoms with Crippen LogP contribution in [0.5, 0.6) is 0 Å². The van der Waals surface area contributed by atoms with Crippen molar-refractivity contribution in [3.05, 3.63) is 34.6 Å². The molecular formula is C12H14Cl2F4N2. The van der Waals surface area contributed by atoms with Gasteiger partial charge in [-0.3, -0.25) is 4.90 Å². The predicted octanol–water partition coefficient (Wildman–Crippen LogP) is 3.41. The van der Waals surface area contributed by atoms with Crippen LogP contribution in [-0.2, 0) is 0 Å². The van der Waals surface area contributed by atoms with Gasteiger partial charge in [0.1, 0.15) is 11.9 Å². The van der Waals surface area contributed by atoms with Crippen molar-refractivity contribution in [2.75, 3.05) is 26.2 Å². The Bertz CT molecular complexity index is 427. The van der Waals surface area contributed by atoms with Crippen LogP contribution in [0.4, 0.5) is 17.6 Å². The smallest absolute Gasteiger partial charge is 0.314 e. The molecule has 2 rings (SSSR count). The van der Waals surface area contributed by atoms with Gasteiger partial charge < -0.3 is 5.32 Å². The highest BCUT2D eigenvalue weighted by Crippen LogP contribution is 2.38. The third-order valence-electron chi connectivity index (χ3n) is 3.03. The largest absolute Gasteiger partial charge is 0.408 e. The molecule has 0 unspecified atom stereocenters. The first kappa shape index (κ1) is 17.5. The first-order valence-corrected chi connectivity index (χ1v) is 6.23. The second-order valence-corrected chi connectivity index (χ2v) is 4.87. The Balaban J connectivity index is 0.00000200. The standard InChI is InChI=1S/C12H13ClF4N2.ClH/c13-9-5-8(6-10(14)7-9)11(12(15,16)17)19-3-1-18-2-4-19;/h5-7,11,18H,1-4H2;1H/t11-;/m0./s1. The maximum atomic E-state index is 13.3. The van der Waals surface area contributed by atoms with E-state index in [4.69, 9.17) is 11.6 Å². The molecule has 0 aliphatic carbocycles. The number of alkyl halides is 3. The quantitative estimate of drug-likeness (QED) is 0.835. The van der Waals surface area contributed by atoms with Crippen molar-refractivity contribution in [1.29, 1.82) is 0 Å². The SMILES string of the molecule is Cl.Fc1cc(Cl)cc([C@H](N2CCNCC2)C(F)(F)F)c1. The van der Waals surface area contributed by atoms with Gasteiger partial charge in [-0.15, -0.1) is 12.4 Å². The van der Waals surface area contributed by atoms with Gasteiger partial charge in [-0.2, -0.15) is 13.2 Å². The van der Waals surface area contributed by atoms with Crippen molar-refractivity contribution in [2.45, 2.75) is 12.2 Å². The molecule has 2 nitrogen and oxygen atoms in total. The van der Waals surface area contributed by atoms with E-state index < -0.39 is 18.0 Å². The van der Waals surface area contributed by atoms with E-state index in [1.54, 1.807) is 0 Å². The minimum atomic E-state index is -4.46. The summed E-state index contributed by atoms with van der Waals surface area (Å²) in [5.74, 6) is -0.758. The second kappa shape index (κ2) is 6.93. The first-order chi connectivity index (χ1) is 8.88. The van der Waals surface area contributed by atoms with E-state index >= 15 is 0 Å². The summed E-state index contributed by atoms with van der Waals surface area (Å²) in [5.41, 5.74) is -0.153. The molecule has 0 radical (unpaired) electrons. The number of nitrogens with one attached hydrogen (secondary N) is 1. The van der Waals surface area contributed by atoms with Gasteiger partial charge >= 0.3 is 6.18 Å². The van der Waals surface area contributed by atoms with Gasteiger partial charge in [0.15, 0.2) is 0 Å². The number of piperazine rings is 1. The van der Waals surface area contributed by atoms with Crippen LogP contribution >= 0.6 is 24.0 Å². The van der Waals surface area contributed by atoms with Crippen LogP contribution in [0, 0.1) is 5.82 Å². The van der Waals surface area contributed by atoms with Gasteiger partial charge in [-0.1, -0.05) is 11.6 Å². The van der Waals surface area contributed by atoms with E-state index in [1.165, 1.54) is 11.0 Å². The van der Waals surface area contributed by atoms with Crippen molar-refractivity contribution < 1.29 is 17.6 Å². The molecule has 1 aromatic carbocycles. The van der Waals surface area contributed by atoms with E-state index in [0.29, 0.717) is 13.1 Å². The van der Waals surface area contributed by atoms with Crippen LogP contribution in [0.2, 0.25) is 5.02 Å². The average molecular weight is 333 g/mol. The third-order valence-corrected chi connectivity index (χ3v) is 3.25. The Labute approximate surface area is 125 Å². The minimum absolute atomic E-state index is 0. The molecule has 1 fully saturated rings. The molecule has 1 aromatic rings. The lowest BCUT2D eigenvalue weighted by Gasteiger charge is -2.36. The molecule has 1 aliphatic rings. The topological polar surface area (TPSA) is 15.3 Å². The molecule has 0 spiro atoms. The Morgan fingerprint density at radius 1 is 1.15 bits per heavy atom. The molecule has 0 saturated carbocycles. The number of halogens is 6. The maximum absolute atomic E-state index is 13.3. The lowest BCUT2D eigenvalue weighted by molar-refractivity contribution is -0.187. The summed E-state index contributed by atoms with van der Waals surface area (Å²) < 4.78 is 52.9. The normalized spacial score (nSPS) is 18.4. The molecule has 8 heteroatoms. The highest BCUT2D eigenvalue weighted by Gasteiger charge is 2.45. The Hall–Kier alpha value is -0.560. The first-order valence-electron chi connectivity index (χ1n) is 5.85. The van der Waals surface area contributed by atoms with Crippen molar-refractivity contribution in [3.63, 3.8) is 0 Å². The van der Waals surface area contributed by atoms with Crippen LogP contribution in [0.1, 0.15) is 11.6 Å². The molecule has 1 N–H and O–H groups in total. The zero-order valence-electron chi connectivity index (χ0n) is 10.4. The van der Waals surface area contributed by atoms with Gasteiger partial charge in [-0.05, 0) is 23.8 Å². The average Bonchev–Trinajstić information content (AvgIpc) is 2.27. The Morgan fingerprint density at radius 3 is 2.25 bits per heavy atom. The van der Waals surface area contributed by atoms with Crippen molar-refractivity contribution in [2.24, 2.45) is 0 Å². The number of rotatable bonds is 2. The van der Waals surface area contributed by atoms with E-state index in [0.717, 1.165) is 12.1 Å². The molecule has 114 valence electrons. The number of hydrogen-bond acceptors (Lipinski definition) is 2. The number of nitrogens with zero attached hydrogens (tertiary/aromatic N) is 1. The predicted molar refractivity (Wildman–Crippen MR) is 71.9 cm³/mol. The third kappa shape index (κ3) is 4.22. The zero-order chi connectivity index (χ0) is 14.0. The van der Waals surface area contributed by atoms with E-state index in [1.807, 2.05) is 0 Å². The number of benzene rings is 1. The molecule has 0 aromatic heterocycles. The molecule has 20 heavy (non-hydrogen) atoms. The molecule has 0 amide bonds. The van der Waals surface area contributed by atoms with Crippen molar-refractivity contribution >= 4 is 24.0 Å². The van der Waals surface area contributed by atoms with Crippen LogP contribution in [0.15, 0.2) is 18.2 Å². The molecular weight excluding hydrogens is 319 g/mol. The van der Waals surface area contributed by atoms with E-state index in [-0.39, 0.29) is 36.1 Å². The van der Waals surface area contributed by atoms with E-state index in [2.05, 4.69) is 5.32 Å². The van der Waals surface area contributed by atoms with Gasteiger partial charge in [0.2, 0.25) is 0 Å². The van der Waals surface area contributed by atoms with Gasteiger partial charge in [-0.25, -0.2) is 4.39 Å².